The van der Waals surface area contributed by atoms with Gasteiger partial charge in [0.05, 0.1) is 12.1 Å². The van der Waals surface area contributed by atoms with E-state index in [9.17, 15) is 9.59 Å². The summed E-state index contributed by atoms with van der Waals surface area (Å²) in [5.74, 6) is -1.30. The average molecular weight is 480 g/mol. The van der Waals surface area contributed by atoms with Gasteiger partial charge < -0.3 is 26.7 Å². The number of fused-ring (bicyclic) bond motifs is 1. The molecule has 178 valence electrons. The van der Waals surface area contributed by atoms with Crippen LogP contribution in [-0.4, -0.2) is 43.1 Å². The third kappa shape index (κ3) is 4.53. The number of carbonyl (C=O) groups is 2. The first-order chi connectivity index (χ1) is 17.5. The lowest BCUT2D eigenvalue weighted by Crippen LogP contribution is -2.24. The summed E-state index contributed by atoms with van der Waals surface area (Å²) in [5, 5.41) is 14.4. The largest absolute Gasteiger partial charge is 0.368 e. The first-order valence-corrected chi connectivity index (χ1v) is 10.9. The topological polar surface area (TPSA) is 167 Å². The van der Waals surface area contributed by atoms with E-state index in [1.807, 2.05) is 60.8 Å². The van der Waals surface area contributed by atoms with Crippen molar-refractivity contribution in [1.82, 2.24) is 24.7 Å². The van der Waals surface area contributed by atoms with Crippen LogP contribution in [0, 0.1) is 0 Å². The minimum Gasteiger partial charge on any atom is -0.368 e. The highest BCUT2D eigenvalue weighted by molar-refractivity contribution is 6.01. The molecule has 0 aliphatic carbocycles. The van der Waals surface area contributed by atoms with Crippen molar-refractivity contribution in [2.24, 2.45) is 11.5 Å². The van der Waals surface area contributed by atoms with Crippen LogP contribution in [0.1, 0.15) is 10.5 Å². The number of pyridine rings is 1. The number of hydrogen-bond donors (Lipinski definition) is 4. The molecule has 3 heterocycles. The molecule has 5 aromatic rings. The van der Waals surface area contributed by atoms with Gasteiger partial charge >= 0.3 is 0 Å². The minimum atomic E-state index is -0.805. The molecule has 11 nitrogen and oxygen atoms in total. The van der Waals surface area contributed by atoms with Crippen LogP contribution in [0.3, 0.4) is 0 Å². The zero-order valence-corrected chi connectivity index (χ0v) is 18.9. The molecule has 0 aliphatic rings. The lowest BCUT2D eigenvalue weighted by molar-refractivity contribution is -0.116. The minimum absolute atomic E-state index is 0.0165. The maximum atomic E-state index is 12.1. The number of nitrogens with one attached hydrogen (secondary N) is 2. The number of para-hydroxylation sites is 1. The second-order valence-electron chi connectivity index (χ2n) is 7.86. The van der Waals surface area contributed by atoms with E-state index in [-0.39, 0.29) is 24.0 Å². The van der Waals surface area contributed by atoms with Gasteiger partial charge in [-0.15, -0.1) is 10.2 Å². The number of nitrogens with two attached hydrogens (primary N) is 2. The van der Waals surface area contributed by atoms with Crippen molar-refractivity contribution >= 4 is 40.2 Å². The average Bonchev–Trinajstić information content (AvgIpc) is 3.33. The van der Waals surface area contributed by atoms with Gasteiger partial charge in [0.1, 0.15) is 0 Å². The highest BCUT2D eigenvalue weighted by Gasteiger charge is 2.18. The van der Waals surface area contributed by atoms with E-state index in [1.165, 1.54) is 0 Å². The normalized spacial score (nSPS) is 10.8. The number of nitrogens with zero attached hydrogens (tertiary/aromatic N) is 5. The van der Waals surface area contributed by atoms with Gasteiger partial charge in [-0.2, -0.15) is 4.98 Å². The Bertz CT molecular complexity index is 1570. The lowest BCUT2D eigenvalue weighted by atomic mass is 10.0. The first-order valence-electron chi connectivity index (χ1n) is 10.9. The molecule has 11 heteroatoms. The van der Waals surface area contributed by atoms with Crippen LogP contribution in [0.15, 0.2) is 79.3 Å². The van der Waals surface area contributed by atoms with Crippen molar-refractivity contribution in [2.75, 3.05) is 17.2 Å². The Labute approximate surface area is 205 Å². The van der Waals surface area contributed by atoms with Gasteiger partial charge in [-0.1, -0.05) is 24.3 Å². The quantitative estimate of drug-likeness (QED) is 0.263. The SMILES string of the molecule is NC(=O)CNc1nnc(C(N)=O)c(Nc2cc(-c3cccnc3)cc3c2ccn3-c2ccccc2)n1. The Kier molecular flexibility index (Phi) is 5.93. The van der Waals surface area contributed by atoms with Gasteiger partial charge in [-0.3, -0.25) is 14.6 Å². The summed E-state index contributed by atoms with van der Waals surface area (Å²) in [7, 11) is 0. The third-order valence-corrected chi connectivity index (χ3v) is 5.43. The fraction of sp³-hybridized carbons (Fsp3) is 0.0400. The van der Waals surface area contributed by atoms with Crippen LogP contribution in [0.25, 0.3) is 27.7 Å². The number of primary amides is 2. The fourth-order valence-electron chi connectivity index (χ4n) is 3.81. The van der Waals surface area contributed by atoms with Gasteiger partial charge in [-0.25, -0.2) is 0 Å². The van der Waals surface area contributed by atoms with Crippen molar-refractivity contribution in [2.45, 2.75) is 0 Å². The molecule has 0 bridgehead atoms. The van der Waals surface area contributed by atoms with Crippen molar-refractivity contribution in [1.29, 1.82) is 0 Å². The van der Waals surface area contributed by atoms with Crippen LogP contribution in [0.2, 0.25) is 0 Å². The monoisotopic (exact) mass is 479 g/mol. The second-order valence-corrected chi connectivity index (χ2v) is 7.86. The molecule has 0 radical (unpaired) electrons. The Morgan fingerprint density at radius 2 is 1.78 bits per heavy atom. The third-order valence-electron chi connectivity index (χ3n) is 5.43. The standard InChI is InChI=1S/C25H21N9O2/c26-21(35)14-29-25-31-24(22(23(27)36)32-33-25)30-19-11-16(15-5-4-9-28-13-15)12-20-18(19)8-10-34(20)17-6-2-1-3-7-17/h1-13H,14H2,(H2,26,35)(H2,27,36)(H2,29,30,31,33). The number of carbonyl (C=O) groups excluding carboxylic acids is 2. The molecule has 0 spiro atoms. The van der Waals surface area contributed by atoms with Crippen molar-refractivity contribution in [3.63, 3.8) is 0 Å². The maximum absolute atomic E-state index is 12.1. The number of aromatic nitrogens is 5. The van der Waals surface area contributed by atoms with Crippen LogP contribution in [0.5, 0.6) is 0 Å². The van der Waals surface area contributed by atoms with Gasteiger partial charge in [0.2, 0.25) is 11.9 Å². The summed E-state index contributed by atoms with van der Waals surface area (Å²) in [6.07, 6.45) is 5.44. The van der Waals surface area contributed by atoms with E-state index in [0.717, 1.165) is 27.7 Å². The summed E-state index contributed by atoms with van der Waals surface area (Å²) in [6, 6.07) is 19.7. The van der Waals surface area contributed by atoms with E-state index in [4.69, 9.17) is 11.5 Å². The fourth-order valence-corrected chi connectivity index (χ4v) is 3.81. The van der Waals surface area contributed by atoms with E-state index in [1.54, 1.807) is 12.4 Å². The summed E-state index contributed by atoms with van der Waals surface area (Å²) in [6.45, 7) is -0.197. The first kappa shape index (κ1) is 22.5. The number of anilines is 3. The highest BCUT2D eigenvalue weighted by Crippen LogP contribution is 2.34. The Hall–Kier alpha value is -5.32. The molecule has 0 saturated carbocycles. The molecule has 36 heavy (non-hydrogen) atoms. The highest BCUT2D eigenvalue weighted by atomic mass is 16.1. The summed E-state index contributed by atoms with van der Waals surface area (Å²) < 4.78 is 2.06. The molecule has 2 aromatic carbocycles. The summed E-state index contributed by atoms with van der Waals surface area (Å²) in [5.41, 5.74) is 14.9. The zero-order valence-electron chi connectivity index (χ0n) is 18.9. The molecule has 0 unspecified atom stereocenters. The van der Waals surface area contributed by atoms with E-state index in [0.29, 0.717) is 5.69 Å². The molecule has 5 rings (SSSR count). The van der Waals surface area contributed by atoms with Gasteiger partial charge in [0.15, 0.2) is 11.5 Å². The maximum Gasteiger partial charge on any atom is 0.273 e. The number of rotatable bonds is 8. The Balaban J connectivity index is 1.66. The van der Waals surface area contributed by atoms with Crippen LogP contribution in [-0.2, 0) is 4.79 Å². The smallest absolute Gasteiger partial charge is 0.273 e. The zero-order chi connectivity index (χ0) is 25.1. The van der Waals surface area contributed by atoms with Crippen molar-refractivity contribution < 1.29 is 9.59 Å². The Morgan fingerprint density at radius 3 is 2.50 bits per heavy atom. The Morgan fingerprint density at radius 1 is 0.944 bits per heavy atom. The predicted octanol–water partition coefficient (Wildman–Crippen LogP) is 2.62. The molecule has 6 N–H and O–H groups in total. The lowest BCUT2D eigenvalue weighted by Gasteiger charge is -2.14. The van der Waals surface area contributed by atoms with Gasteiger partial charge in [-0.05, 0) is 42.0 Å². The molecule has 0 saturated heterocycles. The van der Waals surface area contributed by atoms with Crippen LogP contribution >= 0.6 is 0 Å². The number of hydrogen-bond acceptors (Lipinski definition) is 8. The van der Waals surface area contributed by atoms with E-state index >= 15 is 0 Å². The molecule has 0 atom stereocenters. The second kappa shape index (κ2) is 9.50. The molecular weight excluding hydrogens is 458 g/mol. The molecule has 2 amide bonds. The summed E-state index contributed by atoms with van der Waals surface area (Å²) >= 11 is 0. The molecule has 3 aromatic heterocycles. The van der Waals surface area contributed by atoms with E-state index in [2.05, 4.69) is 41.4 Å². The molecule has 0 fully saturated rings. The van der Waals surface area contributed by atoms with Gasteiger partial charge in [0, 0.05) is 40.9 Å². The molecule has 0 aliphatic heterocycles. The van der Waals surface area contributed by atoms with Crippen LogP contribution in [0.4, 0.5) is 17.5 Å². The summed E-state index contributed by atoms with van der Waals surface area (Å²) in [4.78, 5) is 31.8. The number of benzene rings is 2. The van der Waals surface area contributed by atoms with Crippen LogP contribution < -0.4 is 22.1 Å². The van der Waals surface area contributed by atoms with Gasteiger partial charge in [0.25, 0.3) is 5.91 Å². The predicted molar refractivity (Wildman–Crippen MR) is 136 cm³/mol. The van der Waals surface area contributed by atoms with Crippen molar-refractivity contribution in [3.8, 4) is 16.8 Å². The molecular formula is C25H21N9O2. The van der Waals surface area contributed by atoms with Crippen molar-refractivity contribution in [3.05, 3.63) is 84.9 Å². The number of amides is 2. The van der Waals surface area contributed by atoms with E-state index < -0.39 is 11.8 Å².